The number of amides is 1. The minimum Gasteiger partial charge on any atom is -0.493 e. The molecular weight excluding hydrogens is 480 g/mol. The summed E-state index contributed by atoms with van der Waals surface area (Å²) in [6, 6.07) is 10.1. The number of thiophene rings is 1. The first kappa shape index (κ1) is 24.0. The summed E-state index contributed by atoms with van der Waals surface area (Å²) in [7, 11) is 4.47. The van der Waals surface area contributed by atoms with Crippen molar-refractivity contribution in [1.82, 2.24) is 5.32 Å². The van der Waals surface area contributed by atoms with Crippen LogP contribution in [0.15, 0.2) is 36.4 Å². The van der Waals surface area contributed by atoms with Crippen LogP contribution in [0.25, 0.3) is 0 Å². The molecule has 0 radical (unpaired) electrons. The second-order valence-corrected chi connectivity index (χ2v) is 10.1. The van der Waals surface area contributed by atoms with Crippen molar-refractivity contribution in [3.63, 3.8) is 0 Å². The second kappa shape index (κ2) is 9.73. The monoisotopic (exact) mass is 508 g/mol. The summed E-state index contributed by atoms with van der Waals surface area (Å²) >= 11 is 1.69. The number of carbonyl (C=O) groups is 2. The molecule has 1 aliphatic carbocycles. The van der Waals surface area contributed by atoms with Crippen LogP contribution in [-0.4, -0.2) is 33.2 Å². The van der Waals surface area contributed by atoms with Gasteiger partial charge in [-0.15, -0.1) is 11.3 Å². The molecule has 36 heavy (non-hydrogen) atoms. The van der Waals surface area contributed by atoms with E-state index in [4.69, 9.17) is 18.9 Å². The van der Waals surface area contributed by atoms with E-state index in [1.807, 2.05) is 12.1 Å². The van der Waals surface area contributed by atoms with E-state index in [0.717, 1.165) is 35.4 Å². The van der Waals surface area contributed by atoms with E-state index in [1.54, 1.807) is 35.6 Å². The van der Waals surface area contributed by atoms with Crippen LogP contribution in [-0.2, 0) is 12.8 Å². The van der Waals surface area contributed by atoms with Crippen molar-refractivity contribution in [3.05, 3.63) is 63.5 Å². The van der Waals surface area contributed by atoms with E-state index in [9.17, 15) is 9.59 Å². The summed E-state index contributed by atoms with van der Waals surface area (Å²) in [6.07, 6.45) is 2.73. The van der Waals surface area contributed by atoms with Gasteiger partial charge in [-0.05, 0) is 60.6 Å². The number of benzene rings is 2. The molecule has 2 aliphatic rings. The van der Waals surface area contributed by atoms with Crippen LogP contribution < -0.4 is 29.6 Å². The Balaban J connectivity index is 1.31. The van der Waals surface area contributed by atoms with Crippen LogP contribution in [0.2, 0.25) is 0 Å². The summed E-state index contributed by atoms with van der Waals surface area (Å²) in [5.41, 5.74) is 3.12. The third-order valence-corrected chi connectivity index (χ3v) is 7.80. The van der Waals surface area contributed by atoms with Crippen LogP contribution >= 0.6 is 11.3 Å². The summed E-state index contributed by atoms with van der Waals surface area (Å²) in [6.45, 7) is 2.26. The Morgan fingerprint density at radius 1 is 1.00 bits per heavy atom. The molecule has 3 aromatic rings. The van der Waals surface area contributed by atoms with Gasteiger partial charge in [0.1, 0.15) is 16.9 Å². The molecule has 2 atom stereocenters. The number of esters is 1. The first-order valence-corrected chi connectivity index (χ1v) is 12.6. The van der Waals surface area contributed by atoms with Gasteiger partial charge in [0.2, 0.25) is 5.75 Å². The van der Waals surface area contributed by atoms with Crippen molar-refractivity contribution in [2.45, 2.75) is 32.4 Å². The number of rotatable bonds is 6. The Morgan fingerprint density at radius 2 is 1.69 bits per heavy atom. The maximum atomic E-state index is 13.0. The Morgan fingerprint density at radius 3 is 2.33 bits per heavy atom. The van der Waals surface area contributed by atoms with Gasteiger partial charge in [0.05, 0.1) is 32.5 Å². The number of nitrogens with one attached hydrogen (secondary N) is 2. The molecule has 8 nitrogen and oxygen atoms in total. The fourth-order valence-electron chi connectivity index (χ4n) is 4.72. The maximum Gasteiger partial charge on any atom is 0.343 e. The molecule has 0 unspecified atom stereocenters. The average molecular weight is 509 g/mol. The molecule has 0 bridgehead atoms. The highest BCUT2D eigenvalue weighted by molar-refractivity contribution is 7.16. The topological polar surface area (TPSA) is 95.1 Å². The lowest BCUT2D eigenvalue weighted by Crippen LogP contribution is -2.38. The minimum atomic E-state index is -0.561. The molecule has 188 valence electrons. The van der Waals surface area contributed by atoms with E-state index in [2.05, 4.69) is 17.6 Å². The normalized spacial score (nSPS) is 18.3. The van der Waals surface area contributed by atoms with Crippen LogP contribution in [0.3, 0.4) is 0 Å². The number of ether oxygens (including phenoxy) is 4. The van der Waals surface area contributed by atoms with E-state index >= 15 is 0 Å². The minimum absolute atomic E-state index is 0.0429. The lowest BCUT2D eigenvalue weighted by Gasteiger charge is -2.27. The molecule has 2 heterocycles. The Bertz CT molecular complexity index is 1290. The smallest absolute Gasteiger partial charge is 0.343 e. The van der Waals surface area contributed by atoms with Gasteiger partial charge in [-0.25, -0.2) is 4.79 Å². The van der Waals surface area contributed by atoms with Gasteiger partial charge in [0.15, 0.2) is 11.5 Å². The number of carbonyl (C=O) groups excluding carboxylic acids is 2. The highest BCUT2D eigenvalue weighted by Gasteiger charge is 2.33. The van der Waals surface area contributed by atoms with Crippen LogP contribution in [0.5, 0.6) is 23.0 Å². The molecular formula is C27H28N2O6S. The molecule has 2 aromatic carbocycles. The molecule has 0 spiro atoms. The van der Waals surface area contributed by atoms with Crippen LogP contribution in [0.4, 0.5) is 5.00 Å². The van der Waals surface area contributed by atoms with E-state index in [-0.39, 0.29) is 17.6 Å². The number of anilines is 1. The van der Waals surface area contributed by atoms with Crippen molar-refractivity contribution >= 4 is 28.2 Å². The largest absolute Gasteiger partial charge is 0.493 e. The molecule has 1 aromatic heterocycles. The van der Waals surface area contributed by atoms with E-state index < -0.39 is 5.97 Å². The van der Waals surface area contributed by atoms with Crippen molar-refractivity contribution in [2.24, 2.45) is 5.92 Å². The van der Waals surface area contributed by atoms with Crippen LogP contribution in [0, 0.1) is 5.92 Å². The predicted molar refractivity (Wildman–Crippen MR) is 137 cm³/mol. The average Bonchev–Trinajstić information content (AvgIpc) is 3.25. The standard InChI is InChI=1S/C27H28N2O6S/c1-14-5-10-18-21(11-14)36-26-22(18)25(30)28-24(29-26)15-6-8-17(9-7-15)35-27(31)16-12-19(32-2)23(34-4)20(13-16)33-3/h6-9,12-14,24,29H,5,10-11H2,1-4H3,(H,28,30)/t14-,24+/m0/s1. The molecule has 9 heteroatoms. The summed E-state index contributed by atoms with van der Waals surface area (Å²) in [5, 5.41) is 7.48. The molecule has 1 aliphatic heterocycles. The molecule has 0 saturated heterocycles. The summed E-state index contributed by atoms with van der Waals surface area (Å²) in [4.78, 5) is 27.1. The zero-order chi connectivity index (χ0) is 25.4. The predicted octanol–water partition coefficient (Wildman–Crippen LogP) is 4.97. The molecule has 2 N–H and O–H groups in total. The van der Waals surface area contributed by atoms with Gasteiger partial charge in [0.25, 0.3) is 5.91 Å². The Hall–Kier alpha value is -3.72. The Labute approximate surface area is 213 Å². The Kier molecular flexibility index (Phi) is 6.49. The summed E-state index contributed by atoms with van der Waals surface area (Å²) < 4.78 is 21.5. The van der Waals surface area contributed by atoms with Crippen molar-refractivity contribution in [1.29, 1.82) is 0 Å². The fourth-order valence-corrected chi connectivity index (χ4v) is 6.16. The van der Waals surface area contributed by atoms with Gasteiger partial charge in [-0.2, -0.15) is 0 Å². The van der Waals surface area contributed by atoms with E-state index in [0.29, 0.717) is 28.9 Å². The highest BCUT2D eigenvalue weighted by atomic mass is 32.1. The zero-order valence-electron chi connectivity index (χ0n) is 20.6. The molecule has 0 fully saturated rings. The van der Waals surface area contributed by atoms with Crippen molar-refractivity contribution < 1.29 is 28.5 Å². The number of hydrogen-bond donors (Lipinski definition) is 2. The third-order valence-electron chi connectivity index (χ3n) is 6.61. The van der Waals surface area contributed by atoms with Gasteiger partial charge >= 0.3 is 5.97 Å². The lowest BCUT2D eigenvalue weighted by atomic mass is 9.88. The van der Waals surface area contributed by atoms with Crippen LogP contribution in [0.1, 0.15) is 56.2 Å². The third kappa shape index (κ3) is 4.35. The molecule has 0 saturated carbocycles. The highest BCUT2D eigenvalue weighted by Crippen LogP contribution is 2.43. The molecule has 5 rings (SSSR count). The number of fused-ring (bicyclic) bond motifs is 3. The first-order valence-electron chi connectivity index (χ1n) is 11.8. The van der Waals surface area contributed by atoms with Gasteiger partial charge < -0.3 is 29.6 Å². The van der Waals surface area contributed by atoms with Crippen molar-refractivity contribution in [3.8, 4) is 23.0 Å². The quantitative estimate of drug-likeness (QED) is 0.358. The number of hydrogen-bond acceptors (Lipinski definition) is 8. The molecule has 1 amide bonds. The SMILES string of the molecule is COc1cc(C(=O)Oc2ccc([C@@H]3NC(=O)c4c(sc5c4CC[C@H](C)C5)N3)cc2)cc(OC)c1OC. The van der Waals surface area contributed by atoms with Crippen molar-refractivity contribution in [2.75, 3.05) is 26.6 Å². The van der Waals surface area contributed by atoms with E-state index in [1.165, 1.54) is 31.8 Å². The zero-order valence-corrected chi connectivity index (χ0v) is 21.4. The first-order chi connectivity index (χ1) is 17.4. The number of methoxy groups -OCH3 is 3. The van der Waals surface area contributed by atoms with Gasteiger partial charge in [0, 0.05) is 4.88 Å². The van der Waals surface area contributed by atoms with Gasteiger partial charge in [-0.1, -0.05) is 19.1 Å². The maximum absolute atomic E-state index is 13.0. The second-order valence-electron chi connectivity index (χ2n) is 8.98. The fraction of sp³-hybridized carbons (Fsp3) is 0.333. The lowest BCUT2D eigenvalue weighted by molar-refractivity contribution is 0.0733. The summed E-state index contributed by atoms with van der Waals surface area (Å²) in [5.74, 6) is 1.54. The van der Waals surface area contributed by atoms with Gasteiger partial charge in [-0.3, -0.25) is 4.79 Å².